The van der Waals surface area contributed by atoms with E-state index in [1.54, 1.807) is 0 Å². The van der Waals surface area contributed by atoms with Crippen LogP contribution in [0.3, 0.4) is 0 Å². The average molecular weight is 320 g/mol. The first-order chi connectivity index (χ1) is 10.4. The summed E-state index contributed by atoms with van der Waals surface area (Å²) >= 11 is 0. The summed E-state index contributed by atoms with van der Waals surface area (Å²) in [6.07, 6.45) is -2.42. The fraction of sp³-hybridized carbons (Fsp3) is 0.933. The molecule has 1 fully saturated rings. The summed E-state index contributed by atoms with van der Waals surface area (Å²) < 4.78 is 10.5. The molecule has 1 saturated heterocycles. The van der Waals surface area contributed by atoms with Gasteiger partial charge in [0.25, 0.3) is 0 Å². The van der Waals surface area contributed by atoms with Gasteiger partial charge in [-0.25, -0.2) is 0 Å². The molecule has 6 atom stereocenters. The first-order valence-corrected chi connectivity index (χ1v) is 7.91. The molecule has 22 heavy (non-hydrogen) atoms. The van der Waals surface area contributed by atoms with E-state index >= 15 is 0 Å². The lowest BCUT2D eigenvalue weighted by Crippen LogP contribution is -2.60. The molecule has 0 bridgehead atoms. The molecule has 2 unspecified atom stereocenters. The quantitative estimate of drug-likeness (QED) is 0.355. The summed E-state index contributed by atoms with van der Waals surface area (Å²) in [5.74, 6) is -1.33. The van der Waals surface area contributed by atoms with E-state index in [9.17, 15) is 20.1 Å². The number of aliphatic hydroxyl groups is 4. The molecule has 1 aliphatic heterocycles. The molecule has 0 radical (unpaired) electrons. The predicted octanol–water partition coefficient (Wildman–Crippen LogP) is -0.412. The average Bonchev–Trinajstić information content (AvgIpc) is 2.52. The van der Waals surface area contributed by atoms with Crippen LogP contribution in [0.5, 0.6) is 0 Å². The highest BCUT2D eigenvalue weighted by Gasteiger charge is 2.47. The summed E-state index contributed by atoms with van der Waals surface area (Å²) in [5.41, 5.74) is 0. The Bertz CT molecular complexity index is 334. The minimum atomic E-state index is -1.48. The number of hydrogen-bond acceptors (Lipinski definition) is 7. The van der Waals surface area contributed by atoms with Crippen molar-refractivity contribution in [2.75, 3.05) is 13.2 Å². The van der Waals surface area contributed by atoms with E-state index in [-0.39, 0.29) is 0 Å². The van der Waals surface area contributed by atoms with Crippen LogP contribution in [-0.2, 0) is 14.3 Å². The Kier molecular flexibility index (Phi) is 8.27. The molecule has 0 aliphatic carbocycles. The number of unbranched alkanes of at least 4 members (excludes halogenated alkanes) is 3. The zero-order valence-corrected chi connectivity index (χ0v) is 13.2. The number of rotatable bonds is 8. The van der Waals surface area contributed by atoms with Crippen LogP contribution in [0, 0.1) is 5.92 Å². The lowest BCUT2D eigenvalue weighted by atomic mass is 9.89. The second-order valence-electron chi connectivity index (χ2n) is 5.81. The lowest BCUT2D eigenvalue weighted by molar-refractivity contribution is -0.241. The van der Waals surface area contributed by atoms with Crippen LogP contribution in [0.25, 0.3) is 0 Å². The Morgan fingerprint density at radius 1 is 1.14 bits per heavy atom. The predicted molar refractivity (Wildman–Crippen MR) is 78.0 cm³/mol. The second kappa shape index (κ2) is 9.42. The van der Waals surface area contributed by atoms with Crippen LogP contribution in [0.1, 0.15) is 39.5 Å². The number of carbonyl (C=O) groups is 1. The SMILES string of the molecule is CCCCCCOC(=O)C(C)C1O[C@H](CO)[C@@H](O)[C@H](O)[C@H]1O. The fourth-order valence-corrected chi connectivity index (χ4v) is 2.51. The van der Waals surface area contributed by atoms with Crippen molar-refractivity contribution in [2.24, 2.45) is 5.92 Å². The molecule has 7 nitrogen and oxygen atoms in total. The first kappa shape index (κ1) is 19.3. The molecule has 0 aromatic carbocycles. The van der Waals surface area contributed by atoms with Crippen LogP contribution >= 0.6 is 0 Å². The second-order valence-corrected chi connectivity index (χ2v) is 5.81. The molecule has 130 valence electrons. The van der Waals surface area contributed by atoms with E-state index in [2.05, 4.69) is 6.92 Å². The van der Waals surface area contributed by atoms with Crippen molar-refractivity contribution in [3.63, 3.8) is 0 Å². The smallest absolute Gasteiger partial charge is 0.311 e. The first-order valence-electron chi connectivity index (χ1n) is 7.91. The van der Waals surface area contributed by atoms with Gasteiger partial charge < -0.3 is 29.9 Å². The molecule has 1 heterocycles. The Morgan fingerprint density at radius 2 is 1.82 bits per heavy atom. The fourth-order valence-electron chi connectivity index (χ4n) is 2.51. The molecule has 7 heteroatoms. The van der Waals surface area contributed by atoms with Crippen LogP contribution < -0.4 is 0 Å². The van der Waals surface area contributed by atoms with Gasteiger partial charge >= 0.3 is 5.97 Å². The van der Waals surface area contributed by atoms with Crippen molar-refractivity contribution in [3.8, 4) is 0 Å². The van der Waals surface area contributed by atoms with Crippen molar-refractivity contribution >= 4 is 5.97 Å². The topological polar surface area (TPSA) is 116 Å². The van der Waals surface area contributed by atoms with Gasteiger partial charge in [-0.3, -0.25) is 4.79 Å². The Balaban J connectivity index is 2.51. The van der Waals surface area contributed by atoms with Crippen molar-refractivity contribution < 1.29 is 34.7 Å². The monoisotopic (exact) mass is 320 g/mol. The molecule has 0 aromatic rings. The Hall–Kier alpha value is -0.730. The molecule has 0 amide bonds. The summed E-state index contributed by atoms with van der Waals surface area (Å²) in [5, 5.41) is 38.5. The van der Waals surface area contributed by atoms with Crippen molar-refractivity contribution in [1.29, 1.82) is 0 Å². The van der Waals surface area contributed by atoms with Gasteiger partial charge in [0.05, 0.1) is 25.2 Å². The molecule has 1 aliphatic rings. The van der Waals surface area contributed by atoms with Gasteiger partial charge in [-0.1, -0.05) is 26.2 Å². The van der Waals surface area contributed by atoms with E-state index in [1.807, 2.05) is 0 Å². The number of hydrogen-bond donors (Lipinski definition) is 4. The maximum absolute atomic E-state index is 12.0. The van der Waals surface area contributed by atoms with Crippen molar-refractivity contribution in [2.45, 2.75) is 70.1 Å². The number of aliphatic hydroxyl groups excluding tert-OH is 4. The molecule has 0 aromatic heterocycles. The maximum atomic E-state index is 12.0. The molecule has 0 spiro atoms. The van der Waals surface area contributed by atoms with Gasteiger partial charge in [0.1, 0.15) is 24.4 Å². The van der Waals surface area contributed by atoms with Crippen LogP contribution in [0.2, 0.25) is 0 Å². The highest BCUT2D eigenvalue weighted by molar-refractivity contribution is 5.72. The standard InChI is InChI=1S/C15H28O7/c1-3-4-5-6-7-21-15(20)9(2)14-13(19)12(18)11(17)10(8-16)22-14/h9-14,16-19H,3-8H2,1-2H3/t9?,10-,11-,12+,13-,14?/m1/s1. The largest absolute Gasteiger partial charge is 0.465 e. The van der Waals surface area contributed by atoms with Gasteiger partial charge in [0, 0.05) is 0 Å². The summed E-state index contributed by atoms with van der Waals surface area (Å²) in [7, 11) is 0. The minimum absolute atomic E-state index is 0.306. The number of esters is 1. The summed E-state index contributed by atoms with van der Waals surface area (Å²) in [6, 6.07) is 0. The minimum Gasteiger partial charge on any atom is -0.465 e. The number of carbonyl (C=O) groups excluding carboxylic acids is 1. The van der Waals surface area contributed by atoms with Gasteiger partial charge in [-0.2, -0.15) is 0 Å². The highest BCUT2D eigenvalue weighted by Crippen LogP contribution is 2.26. The third-order valence-electron chi connectivity index (χ3n) is 4.04. The van der Waals surface area contributed by atoms with E-state index in [1.165, 1.54) is 6.92 Å². The Labute approximate surface area is 130 Å². The molecular formula is C15H28O7. The third kappa shape index (κ3) is 4.89. The highest BCUT2D eigenvalue weighted by atomic mass is 16.6. The lowest BCUT2D eigenvalue weighted by Gasteiger charge is -2.41. The van der Waals surface area contributed by atoms with E-state index < -0.39 is 49.0 Å². The zero-order chi connectivity index (χ0) is 16.7. The van der Waals surface area contributed by atoms with Gasteiger partial charge in [-0.05, 0) is 13.3 Å². The van der Waals surface area contributed by atoms with Crippen LogP contribution in [0.4, 0.5) is 0 Å². The van der Waals surface area contributed by atoms with Gasteiger partial charge in [0.15, 0.2) is 0 Å². The molecule has 4 N–H and O–H groups in total. The molecule has 0 saturated carbocycles. The van der Waals surface area contributed by atoms with Crippen molar-refractivity contribution in [3.05, 3.63) is 0 Å². The van der Waals surface area contributed by atoms with Crippen molar-refractivity contribution in [1.82, 2.24) is 0 Å². The number of ether oxygens (including phenoxy) is 2. The molecular weight excluding hydrogens is 292 g/mol. The maximum Gasteiger partial charge on any atom is 0.311 e. The van der Waals surface area contributed by atoms with Crippen LogP contribution in [-0.4, -0.2) is 70.1 Å². The van der Waals surface area contributed by atoms with E-state index in [4.69, 9.17) is 14.6 Å². The Morgan fingerprint density at radius 3 is 2.41 bits per heavy atom. The van der Waals surface area contributed by atoms with Gasteiger partial charge in [0.2, 0.25) is 0 Å². The summed E-state index contributed by atoms with van der Waals surface area (Å²) in [4.78, 5) is 12.0. The third-order valence-corrected chi connectivity index (χ3v) is 4.04. The normalized spacial score (nSPS) is 33.5. The zero-order valence-electron chi connectivity index (χ0n) is 13.2. The van der Waals surface area contributed by atoms with E-state index in [0.717, 1.165) is 25.7 Å². The molecule has 1 rings (SSSR count). The van der Waals surface area contributed by atoms with Gasteiger partial charge in [-0.15, -0.1) is 0 Å². The summed E-state index contributed by atoms with van der Waals surface area (Å²) in [6.45, 7) is 3.41. The van der Waals surface area contributed by atoms with E-state index in [0.29, 0.717) is 6.61 Å². The van der Waals surface area contributed by atoms with Crippen LogP contribution in [0.15, 0.2) is 0 Å².